The van der Waals surface area contributed by atoms with E-state index in [0.717, 1.165) is 16.5 Å². The Morgan fingerprint density at radius 2 is 2.13 bits per heavy atom. The van der Waals surface area contributed by atoms with Crippen LogP contribution in [0.5, 0.6) is 0 Å². The first-order valence-electron chi connectivity index (χ1n) is 7.82. The lowest BCUT2D eigenvalue weighted by Crippen LogP contribution is -2.36. The van der Waals surface area contributed by atoms with E-state index in [9.17, 15) is 4.79 Å². The minimum atomic E-state index is 0.0118. The molecular weight excluding hydrogens is 288 g/mol. The lowest BCUT2D eigenvalue weighted by molar-refractivity contribution is 0.0685. The highest BCUT2D eigenvalue weighted by atomic mass is 16.2. The average molecular weight is 310 g/mol. The SMILES string of the molecule is Cc1ccc2cc(C(=O)N(Cc3cnn(C)c3)C(C)C)[nH]c2c1. The third-order valence-corrected chi connectivity index (χ3v) is 4.00. The number of carbonyl (C=O) groups is 1. The van der Waals surface area contributed by atoms with Gasteiger partial charge in [0.1, 0.15) is 5.69 Å². The van der Waals surface area contributed by atoms with E-state index in [1.807, 2.05) is 51.0 Å². The van der Waals surface area contributed by atoms with Gasteiger partial charge in [-0.05, 0) is 38.5 Å². The van der Waals surface area contributed by atoms with E-state index in [1.54, 1.807) is 10.9 Å². The second kappa shape index (κ2) is 5.91. The molecule has 0 bridgehead atoms. The van der Waals surface area contributed by atoms with Gasteiger partial charge in [0.05, 0.1) is 6.20 Å². The molecule has 3 rings (SSSR count). The zero-order valence-electron chi connectivity index (χ0n) is 14.0. The molecule has 2 heterocycles. The van der Waals surface area contributed by atoms with Crippen molar-refractivity contribution in [3.63, 3.8) is 0 Å². The summed E-state index contributed by atoms with van der Waals surface area (Å²) in [5.41, 5.74) is 3.83. The van der Waals surface area contributed by atoms with Crippen molar-refractivity contribution in [2.45, 2.75) is 33.4 Å². The van der Waals surface area contributed by atoms with Crippen molar-refractivity contribution >= 4 is 16.8 Å². The lowest BCUT2D eigenvalue weighted by Gasteiger charge is -2.25. The van der Waals surface area contributed by atoms with Crippen LogP contribution >= 0.6 is 0 Å². The summed E-state index contributed by atoms with van der Waals surface area (Å²) in [6.07, 6.45) is 3.74. The van der Waals surface area contributed by atoms with Crippen LogP contribution in [0.3, 0.4) is 0 Å². The number of aromatic nitrogens is 3. The number of amides is 1. The predicted molar refractivity (Wildman–Crippen MR) is 91.3 cm³/mol. The number of nitrogens with one attached hydrogen (secondary N) is 1. The molecule has 23 heavy (non-hydrogen) atoms. The van der Waals surface area contributed by atoms with E-state index in [4.69, 9.17) is 0 Å². The number of H-pyrrole nitrogens is 1. The smallest absolute Gasteiger partial charge is 0.270 e. The summed E-state index contributed by atoms with van der Waals surface area (Å²) in [7, 11) is 1.88. The van der Waals surface area contributed by atoms with E-state index in [1.165, 1.54) is 5.56 Å². The third-order valence-electron chi connectivity index (χ3n) is 4.00. The van der Waals surface area contributed by atoms with Gasteiger partial charge in [-0.3, -0.25) is 9.48 Å². The molecule has 1 amide bonds. The van der Waals surface area contributed by atoms with Crippen molar-refractivity contribution in [3.05, 3.63) is 53.5 Å². The van der Waals surface area contributed by atoms with Crippen LogP contribution in [0.2, 0.25) is 0 Å². The van der Waals surface area contributed by atoms with Crippen molar-refractivity contribution in [1.29, 1.82) is 0 Å². The van der Waals surface area contributed by atoms with Gasteiger partial charge < -0.3 is 9.88 Å². The molecule has 0 saturated heterocycles. The fraction of sp³-hybridized carbons (Fsp3) is 0.333. The maximum Gasteiger partial charge on any atom is 0.270 e. The summed E-state index contributed by atoms with van der Waals surface area (Å²) < 4.78 is 1.75. The summed E-state index contributed by atoms with van der Waals surface area (Å²) in [6.45, 7) is 6.66. The largest absolute Gasteiger partial charge is 0.351 e. The molecule has 0 aliphatic carbocycles. The Bertz CT molecular complexity index is 844. The van der Waals surface area contributed by atoms with E-state index in [2.05, 4.69) is 22.2 Å². The Morgan fingerprint density at radius 1 is 1.35 bits per heavy atom. The number of nitrogens with zero attached hydrogens (tertiary/aromatic N) is 3. The maximum absolute atomic E-state index is 12.9. The fourth-order valence-corrected chi connectivity index (χ4v) is 2.75. The molecule has 0 radical (unpaired) electrons. The Kier molecular flexibility index (Phi) is 3.94. The minimum absolute atomic E-state index is 0.0118. The summed E-state index contributed by atoms with van der Waals surface area (Å²) in [5, 5.41) is 5.24. The summed E-state index contributed by atoms with van der Waals surface area (Å²) in [4.78, 5) is 18.0. The van der Waals surface area contributed by atoms with Crippen molar-refractivity contribution in [2.24, 2.45) is 7.05 Å². The van der Waals surface area contributed by atoms with Gasteiger partial charge in [0, 0.05) is 42.3 Å². The van der Waals surface area contributed by atoms with Crippen LogP contribution < -0.4 is 0 Å². The standard InChI is InChI=1S/C18H22N4O/c1-12(2)22(11-14-9-19-21(4)10-14)18(23)17-8-15-6-5-13(3)7-16(15)20-17/h5-10,12,20H,11H2,1-4H3. The van der Waals surface area contributed by atoms with Gasteiger partial charge in [-0.15, -0.1) is 0 Å². The van der Waals surface area contributed by atoms with Gasteiger partial charge >= 0.3 is 0 Å². The second-order valence-electron chi connectivity index (χ2n) is 6.32. The molecule has 2 aromatic heterocycles. The third kappa shape index (κ3) is 3.13. The molecule has 0 aliphatic rings. The highest BCUT2D eigenvalue weighted by molar-refractivity contribution is 5.98. The molecular formula is C18H22N4O. The molecule has 0 unspecified atom stereocenters. The highest BCUT2D eigenvalue weighted by Gasteiger charge is 2.21. The minimum Gasteiger partial charge on any atom is -0.351 e. The molecule has 3 aromatic rings. The number of aromatic amines is 1. The zero-order valence-corrected chi connectivity index (χ0v) is 14.0. The van der Waals surface area contributed by atoms with Crippen LogP contribution in [-0.2, 0) is 13.6 Å². The monoisotopic (exact) mass is 310 g/mol. The first kappa shape index (κ1) is 15.3. The molecule has 0 aliphatic heterocycles. The van der Waals surface area contributed by atoms with Gasteiger partial charge in [-0.1, -0.05) is 12.1 Å². The number of rotatable bonds is 4. The van der Waals surface area contributed by atoms with E-state index in [0.29, 0.717) is 12.2 Å². The van der Waals surface area contributed by atoms with E-state index in [-0.39, 0.29) is 11.9 Å². The van der Waals surface area contributed by atoms with Gasteiger partial charge in [-0.2, -0.15) is 5.10 Å². The van der Waals surface area contributed by atoms with Crippen LogP contribution in [0.25, 0.3) is 10.9 Å². The van der Waals surface area contributed by atoms with Crippen molar-refractivity contribution in [1.82, 2.24) is 19.7 Å². The average Bonchev–Trinajstić information content (AvgIpc) is 3.09. The van der Waals surface area contributed by atoms with Gasteiger partial charge in [0.15, 0.2) is 0 Å². The first-order chi connectivity index (χ1) is 10.9. The van der Waals surface area contributed by atoms with Crippen LogP contribution in [0.15, 0.2) is 36.7 Å². The number of benzene rings is 1. The lowest BCUT2D eigenvalue weighted by atomic mass is 10.2. The quantitative estimate of drug-likeness (QED) is 0.804. The Morgan fingerprint density at radius 3 is 2.78 bits per heavy atom. The summed E-state index contributed by atoms with van der Waals surface area (Å²) in [6, 6.07) is 8.19. The van der Waals surface area contributed by atoms with Crippen LogP contribution in [0.4, 0.5) is 0 Å². The van der Waals surface area contributed by atoms with Crippen molar-refractivity contribution < 1.29 is 4.79 Å². The summed E-state index contributed by atoms with van der Waals surface area (Å²) >= 11 is 0. The highest BCUT2D eigenvalue weighted by Crippen LogP contribution is 2.19. The molecule has 1 N–H and O–H groups in total. The van der Waals surface area contributed by atoms with Gasteiger partial charge in [0.25, 0.3) is 5.91 Å². The van der Waals surface area contributed by atoms with E-state index >= 15 is 0 Å². The number of aryl methyl sites for hydroxylation is 2. The van der Waals surface area contributed by atoms with Crippen molar-refractivity contribution in [3.8, 4) is 0 Å². The number of carbonyl (C=O) groups excluding carboxylic acids is 1. The molecule has 0 atom stereocenters. The molecule has 0 saturated carbocycles. The zero-order chi connectivity index (χ0) is 16.6. The number of hydrogen-bond donors (Lipinski definition) is 1. The number of fused-ring (bicyclic) bond motifs is 1. The second-order valence-corrected chi connectivity index (χ2v) is 6.32. The molecule has 5 nitrogen and oxygen atoms in total. The maximum atomic E-state index is 12.9. The fourth-order valence-electron chi connectivity index (χ4n) is 2.75. The van der Waals surface area contributed by atoms with Gasteiger partial charge in [0.2, 0.25) is 0 Å². The predicted octanol–water partition coefficient (Wildman–Crippen LogP) is 3.26. The molecule has 5 heteroatoms. The first-order valence-corrected chi connectivity index (χ1v) is 7.82. The molecule has 0 spiro atoms. The van der Waals surface area contributed by atoms with Crippen LogP contribution in [0.1, 0.15) is 35.5 Å². The molecule has 1 aromatic carbocycles. The molecule has 120 valence electrons. The van der Waals surface area contributed by atoms with Crippen LogP contribution in [0, 0.1) is 6.92 Å². The molecule has 0 fully saturated rings. The van der Waals surface area contributed by atoms with Crippen LogP contribution in [-0.4, -0.2) is 31.6 Å². The van der Waals surface area contributed by atoms with E-state index < -0.39 is 0 Å². The van der Waals surface area contributed by atoms with Gasteiger partial charge in [-0.25, -0.2) is 0 Å². The number of hydrogen-bond acceptors (Lipinski definition) is 2. The normalized spacial score (nSPS) is 11.3. The summed E-state index contributed by atoms with van der Waals surface area (Å²) in [5.74, 6) is 0.0118. The Balaban J connectivity index is 1.90. The van der Waals surface area contributed by atoms with Crippen molar-refractivity contribution in [2.75, 3.05) is 0 Å². The topological polar surface area (TPSA) is 53.9 Å². The Labute approximate surface area is 135 Å². The Hall–Kier alpha value is -2.56.